The number of hydrazone groups is 1. The topological polar surface area (TPSA) is 108 Å². The second kappa shape index (κ2) is 8.20. The highest BCUT2D eigenvalue weighted by Gasteiger charge is 2.47. The van der Waals surface area contributed by atoms with Crippen molar-refractivity contribution in [2.24, 2.45) is 5.10 Å². The molecule has 2 aliphatic heterocycles. The zero-order chi connectivity index (χ0) is 22.3. The summed E-state index contributed by atoms with van der Waals surface area (Å²) in [6, 6.07) is 10.7. The smallest absolute Gasteiger partial charge is 0.288 e. The van der Waals surface area contributed by atoms with Gasteiger partial charge >= 0.3 is 0 Å². The highest BCUT2D eigenvalue weighted by atomic mass is 35.5. The number of nitrogens with zero attached hydrogens (tertiary/aromatic N) is 4. The Morgan fingerprint density at radius 3 is 2.74 bits per heavy atom. The number of nitro groups is 1. The molecular weight excluding hydrogens is 442 g/mol. The SMILES string of the molecule is CCC(=O)N1c2ccccc2[C@H]2C(=O)NC(SC)=NN2[C@H]1c1ccc(Cl)c([N+](=O)[O-])c1. The van der Waals surface area contributed by atoms with E-state index in [4.69, 9.17) is 11.6 Å². The average molecular weight is 460 g/mol. The first-order valence-corrected chi connectivity index (χ1v) is 11.0. The van der Waals surface area contributed by atoms with E-state index in [1.807, 2.05) is 0 Å². The van der Waals surface area contributed by atoms with Gasteiger partial charge in [0.15, 0.2) is 17.4 Å². The van der Waals surface area contributed by atoms with Crippen LogP contribution in [-0.4, -0.2) is 33.2 Å². The molecule has 9 nitrogen and oxygen atoms in total. The minimum absolute atomic E-state index is 0.0143. The summed E-state index contributed by atoms with van der Waals surface area (Å²) in [6.45, 7) is 1.73. The zero-order valence-corrected chi connectivity index (χ0v) is 18.2. The van der Waals surface area contributed by atoms with Crippen LogP contribution in [0.25, 0.3) is 0 Å². The Hall–Kier alpha value is -3.11. The maximum absolute atomic E-state index is 13.1. The van der Waals surface area contributed by atoms with Gasteiger partial charge in [-0.2, -0.15) is 0 Å². The number of fused-ring (bicyclic) bond motifs is 3. The average Bonchev–Trinajstić information content (AvgIpc) is 2.77. The fraction of sp³-hybridized carbons (Fsp3) is 0.250. The van der Waals surface area contributed by atoms with Crippen LogP contribution in [0.2, 0.25) is 5.02 Å². The number of hydrogen-bond acceptors (Lipinski definition) is 7. The number of halogens is 1. The number of rotatable bonds is 3. The van der Waals surface area contributed by atoms with Crippen molar-refractivity contribution in [3.05, 3.63) is 68.7 Å². The van der Waals surface area contributed by atoms with Gasteiger partial charge in [0.05, 0.1) is 10.6 Å². The first-order valence-electron chi connectivity index (χ1n) is 9.44. The Bertz CT molecular complexity index is 1120. The van der Waals surface area contributed by atoms with E-state index in [9.17, 15) is 19.7 Å². The zero-order valence-electron chi connectivity index (χ0n) is 16.6. The van der Waals surface area contributed by atoms with Crippen LogP contribution in [0.3, 0.4) is 0 Å². The van der Waals surface area contributed by atoms with Crippen LogP contribution in [0.5, 0.6) is 0 Å². The number of thioether (sulfide) groups is 1. The van der Waals surface area contributed by atoms with Gasteiger partial charge in [0.25, 0.3) is 11.6 Å². The molecule has 0 bridgehead atoms. The summed E-state index contributed by atoms with van der Waals surface area (Å²) < 4.78 is 0. The molecule has 0 radical (unpaired) electrons. The van der Waals surface area contributed by atoms with Crippen molar-refractivity contribution in [2.75, 3.05) is 11.2 Å². The standard InChI is InChI=1S/C20H18ClN5O4S/c1-3-16(27)24-14-7-5-4-6-12(14)17-18(28)22-20(31-2)23-25(17)19(24)11-8-9-13(21)15(10-11)26(29)30/h4-10,17,19H,3H2,1-2H3,(H,22,23,28)/t17-,19-/m0/s1. The summed E-state index contributed by atoms with van der Waals surface area (Å²) >= 11 is 7.27. The molecule has 0 aliphatic carbocycles. The van der Waals surface area contributed by atoms with Crippen molar-refractivity contribution in [3.63, 3.8) is 0 Å². The summed E-state index contributed by atoms with van der Waals surface area (Å²) in [6.07, 6.45) is 1.11. The molecule has 2 aromatic carbocycles. The molecule has 2 atom stereocenters. The molecule has 0 aromatic heterocycles. The lowest BCUT2D eigenvalue weighted by Gasteiger charge is -2.48. The van der Waals surface area contributed by atoms with Crippen molar-refractivity contribution in [1.82, 2.24) is 10.3 Å². The molecule has 2 amide bonds. The molecule has 0 saturated heterocycles. The Kier molecular flexibility index (Phi) is 5.59. The number of nitro benzene ring substituents is 1. The van der Waals surface area contributed by atoms with Crippen LogP contribution in [0.4, 0.5) is 11.4 Å². The third kappa shape index (κ3) is 3.51. The van der Waals surface area contributed by atoms with Crippen molar-refractivity contribution < 1.29 is 14.5 Å². The number of anilines is 1. The molecule has 0 spiro atoms. The molecular formula is C20H18ClN5O4S. The van der Waals surface area contributed by atoms with E-state index < -0.39 is 17.1 Å². The van der Waals surface area contributed by atoms with Gasteiger partial charge < -0.3 is 5.32 Å². The Morgan fingerprint density at radius 1 is 1.32 bits per heavy atom. The highest BCUT2D eigenvalue weighted by Crippen LogP contribution is 2.47. The van der Waals surface area contributed by atoms with E-state index in [1.54, 1.807) is 48.4 Å². The lowest BCUT2D eigenvalue weighted by atomic mass is 9.95. The van der Waals surface area contributed by atoms with Crippen molar-refractivity contribution in [2.45, 2.75) is 25.6 Å². The van der Waals surface area contributed by atoms with Crippen LogP contribution in [0, 0.1) is 10.1 Å². The van der Waals surface area contributed by atoms with Gasteiger partial charge in [0.1, 0.15) is 5.02 Å². The summed E-state index contributed by atoms with van der Waals surface area (Å²) in [4.78, 5) is 38.6. The van der Waals surface area contributed by atoms with Crippen LogP contribution in [-0.2, 0) is 9.59 Å². The summed E-state index contributed by atoms with van der Waals surface area (Å²) in [5, 5.41) is 20.7. The van der Waals surface area contributed by atoms with Gasteiger partial charge in [0.2, 0.25) is 5.91 Å². The van der Waals surface area contributed by atoms with Crippen molar-refractivity contribution in [3.8, 4) is 0 Å². The molecule has 0 unspecified atom stereocenters. The van der Waals surface area contributed by atoms with E-state index >= 15 is 0 Å². The maximum atomic E-state index is 13.1. The van der Waals surface area contributed by atoms with Crippen molar-refractivity contribution >= 4 is 51.7 Å². The summed E-state index contributed by atoms with van der Waals surface area (Å²) in [5.41, 5.74) is 1.34. The predicted molar refractivity (Wildman–Crippen MR) is 119 cm³/mol. The number of amidine groups is 1. The number of carbonyl (C=O) groups excluding carboxylic acids is 2. The molecule has 4 rings (SSSR count). The Balaban J connectivity index is 2.00. The van der Waals surface area contributed by atoms with E-state index in [0.29, 0.717) is 22.0 Å². The van der Waals surface area contributed by atoms with E-state index in [1.165, 1.54) is 28.9 Å². The molecule has 11 heteroatoms. The molecule has 2 aromatic rings. The van der Waals surface area contributed by atoms with E-state index in [2.05, 4.69) is 10.4 Å². The monoisotopic (exact) mass is 459 g/mol. The number of benzene rings is 2. The van der Waals surface area contributed by atoms with Crippen LogP contribution in [0.15, 0.2) is 47.6 Å². The molecule has 160 valence electrons. The first kappa shape index (κ1) is 21.1. The lowest BCUT2D eigenvalue weighted by molar-refractivity contribution is -0.384. The minimum atomic E-state index is -0.864. The van der Waals surface area contributed by atoms with Gasteiger partial charge in [-0.1, -0.05) is 54.6 Å². The molecule has 0 fully saturated rings. The van der Waals surface area contributed by atoms with Gasteiger partial charge in [-0.3, -0.25) is 29.6 Å². The number of nitrogens with one attached hydrogen (secondary N) is 1. The first-order chi connectivity index (χ1) is 14.9. The summed E-state index contributed by atoms with van der Waals surface area (Å²) in [7, 11) is 0. The Morgan fingerprint density at radius 2 is 2.06 bits per heavy atom. The maximum Gasteiger partial charge on any atom is 0.288 e. The molecule has 2 aliphatic rings. The third-order valence-corrected chi connectivity index (χ3v) is 6.05. The van der Waals surface area contributed by atoms with Crippen molar-refractivity contribution in [1.29, 1.82) is 0 Å². The van der Waals surface area contributed by atoms with Crippen LogP contribution >= 0.6 is 23.4 Å². The summed E-state index contributed by atoms with van der Waals surface area (Å²) in [5.74, 6) is -0.496. The fourth-order valence-corrected chi connectivity index (χ4v) is 4.38. The molecule has 0 saturated carbocycles. The second-order valence-corrected chi connectivity index (χ2v) is 8.10. The minimum Gasteiger partial charge on any atom is -0.302 e. The largest absolute Gasteiger partial charge is 0.302 e. The fourth-order valence-electron chi connectivity index (χ4n) is 3.81. The van der Waals surface area contributed by atoms with E-state index in [0.717, 1.165) is 0 Å². The third-order valence-electron chi connectivity index (χ3n) is 5.16. The highest BCUT2D eigenvalue weighted by molar-refractivity contribution is 8.13. The number of amides is 2. The number of para-hydroxylation sites is 1. The molecule has 1 N–H and O–H groups in total. The predicted octanol–water partition coefficient (Wildman–Crippen LogP) is 3.81. The number of hydrogen-bond donors (Lipinski definition) is 1. The van der Waals surface area contributed by atoms with Gasteiger partial charge in [-0.15, -0.1) is 5.10 Å². The van der Waals surface area contributed by atoms with E-state index in [-0.39, 0.29) is 28.9 Å². The molecule has 2 heterocycles. The molecule has 31 heavy (non-hydrogen) atoms. The lowest BCUT2D eigenvalue weighted by Crippen LogP contribution is -2.55. The normalized spacial score (nSPS) is 19.8. The van der Waals surface area contributed by atoms with Gasteiger partial charge in [-0.25, -0.2) is 0 Å². The Labute approximate surface area is 187 Å². The van der Waals surface area contributed by atoms with Gasteiger partial charge in [-0.05, 0) is 18.4 Å². The van der Waals surface area contributed by atoms with Gasteiger partial charge in [0, 0.05) is 23.6 Å². The van der Waals surface area contributed by atoms with Crippen LogP contribution < -0.4 is 10.2 Å². The second-order valence-electron chi connectivity index (χ2n) is 6.90. The number of carbonyl (C=O) groups is 2. The quantitative estimate of drug-likeness (QED) is 0.552. The van der Waals surface area contributed by atoms with Crippen LogP contribution in [0.1, 0.15) is 36.7 Å².